The van der Waals surface area contributed by atoms with E-state index in [1.807, 2.05) is 0 Å². The highest BCUT2D eigenvalue weighted by Gasteiger charge is 2.14. The number of rotatable bonds is 6. The molecule has 1 aliphatic rings. The fourth-order valence-electron chi connectivity index (χ4n) is 2.50. The van der Waals surface area contributed by atoms with E-state index < -0.39 is 5.91 Å². The molecule has 0 bridgehead atoms. The van der Waals surface area contributed by atoms with Gasteiger partial charge in [-0.2, -0.15) is 0 Å². The maximum Gasteiger partial charge on any atom is 0.262 e. The number of benzene rings is 1. The van der Waals surface area contributed by atoms with Crippen LogP contribution in [0.1, 0.15) is 5.76 Å². The molecule has 1 saturated heterocycles. The number of ether oxygens (including phenoxy) is 2. The van der Waals surface area contributed by atoms with Crippen molar-refractivity contribution in [1.82, 2.24) is 4.90 Å². The molecule has 1 N–H and O–H groups in total. The zero-order valence-electron chi connectivity index (χ0n) is 14.1. The van der Waals surface area contributed by atoms with Crippen molar-refractivity contribution in [2.45, 2.75) is 6.54 Å². The number of nitrogens with zero attached hydrogens (tertiary/aromatic N) is 1. The molecule has 7 nitrogen and oxygen atoms in total. The summed E-state index contributed by atoms with van der Waals surface area (Å²) in [7, 11) is 0. The van der Waals surface area contributed by atoms with Crippen LogP contribution < -0.4 is 15.5 Å². The van der Waals surface area contributed by atoms with Gasteiger partial charge in [-0.3, -0.25) is 14.5 Å². The Morgan fingerprint density at radius 3 is 2.77 bits per heavy atom. The molecule has 0 unspecified atom stereocenters. The maximum absolute atomic E-state index is 12.1. The molecule has 1 aromatic heterocycles. The minimum absolute atomic E-state index is 0.00923. The number of halogens is 1. The Balaban J connectivity index is 1.54. The summed E-state index contributed by atoms with van der Waals surface area (Å²) in [4.78, 5) is 26.2. The van der Waals surface area contributed by atoms with E-state index in [0.29, 0.717) is 36.2 Å². The number of hydrogen-bond acceptors (Lipinski definition) is 6. The van der Waals surface area contributed by atoms with E-state index in [4.69, 9.17) is 25.5 Å². The van der Waals surface area contributed by atoms with Gasteiger partial charge in [0.2, 0.25) is 11.2 Å². The standard InChI is InChI=1S/C18H19ClN2O5/c19-14-3-1-2-4-15(14)20-18(23)12-26-17-11-25-13(9-16(17)22)10-21-5-7-24-8-6-21/h1-4,9,11H,5-8,10,12H2,(H,20,23). The summed E-state index contributed by atoms with van der Waals surface area (Å²) in [5.41, 5.74) is 0.153. The van der Waals surface area contributed by atoms with Gasteiger partial charge in [0.15, 0.2) is 6.61 Å². The Bertz CT molecular complexity index is 817. The first-order chi connectivity index (χ1) is 12.6. The summed E-state index contributed by atoms with van der Waals surface area (Å²) < 4.78 is 16.0. The third-order valence-corrected chi connectivity index (χ3v) is 4.17. The van der Waals surface area contributed by atoms with Crippen LogP contribution in [0.2, 0.25) is 5.02 Å². The number of carbonyl (C=O) groups excluding carboxylic acids is 1. The summed E-state index contributed by atoms with van der Waals surface area (Å²) in [5, 5.41) is 3.04. The van der Waals surface area contributed by atoms with Gasteiger partial charge >= 0.3 is 0 Å². The van der Waals surface area contributed by atoms with Crippen LogP contribution >= 0.6 is 11.6 Å². The molecule has 26 heavy (non-hydrogen) atoms. The molecule has 0 atom stereocenters. The number of morpholine rings is 1. The Morgan fingerprint density at radius 2 is 2.04 bits per heavy atom. The van der Waals surface area contributed by atoms with Crippen molar-refractivity contribution in [3.63, 3.8) is 0 Å². The highest BCUT2D eigenvalue weighted by atomic mass is 35.5. The fraction of sp³-hybridized carbons (Fsp3) is 0.333. The van der Waals surface area contributed by atoms with Gasteiger partial charge in [-0.1, -0.05) is 23.7 Å². The van der Waals surface area contributed by atoms with Crippen molar-refractivity contribution >= 4 is 23.2 Å². The Labute approximate surface area is 155 Å². The third kappa shape index (κ3) is 5.08. The van der Waals surface area contributed by atoms with Gasteiger partial charge < -0.3 is 19.2 Å². The summed E-state index contributed by atoms with van der Waals surface area (Å²) in [5.74, 6) is 0.115. The van der Waals surface area contributed by atoms with Crippen LogP contribution in [0.15, 0.2) is 45.8 Å². The van der Waals surface area contributed by atoms with E-state index in [9.17, 15) is 9.59 Å². The smallest absolute Gasteiger partial charge is 0.262 e. The molecule has 138 valence electrons. The monoisotopic (exact) mass is 378 g/mol. The summed E-state index contributed by atoms with van der Waals surface area (Å²) in [6.07, 6.45) is 1.24. The molecule has 3 rings (SSSR count). The lowest BCUT2D eigenvalue weighted by molar-refractivity contribution is -0.118. The molecule has 2 heterocycles. The van der Waals surface area contributed by atoms with Gasteiger partial charge in [0.1, 0.15) is 12.0 Å². The lowest BCUT2D eigenvalue weighted by atomic mass is 10.3. The van der Waals surface area contributed by atoms with Crippen LogP contribution in [0.4, 0.5) is 5.69 Å². The van der Waals surface area contributed by atoms with Crippen molar-refractivity contribution in [1.29, 1.82) is 0 Å². The van der Waals surface area contributed by atoms with Crippen LogP contribution in [0.5, 0.6) is 5.75 Å². The zero-order valence-corrected chi connectivity index (χ0v) is 14.8. The Morgan fingerprint density at radius 1 is 1.27 bits per heavy atom. The molecule has 1 amide bonds. The highest BCUT2D eigenvalue weighted by Crippen LogP contribution is 2.20. The van der Waals surface area contributed by atoms with Crippen LogP contribution in [0.3, 0.4) is 0 Å². The molecule has 0 saturated carbocycles. The second-order valence-corrected chi connectivity index (χ2v) is 6.19. The molecule has 1 aliphatic heterocycles. The van der Waals surface area contributed by atoms with Crippen LogP contribution in [0.25, 0.3) is 0 Å². The first-order valence-corrected chi connectivity index (χ1v) is 8.58. The lowest BCUT2D eigenvalue weighted by Crippen LogP contribution is -2.35. The van der Waals surface area contributed by atoms with Gasteiger partial charge in [0.25, 0.3) is 5.91 Å². The average molecular weight is 379 g/mol. The second-order valence-electron chi connectivity index (χ2n) is 5.78. The first-order valence-electron chi connectivity index (χ1n) is 8.21. The largest absolute Gasteiger partial charge is 0.477 e. The van der Waals surface area contributed by atoms with Crippen molar-refractivity contribution in [2.24, 2.45) is 0 Å². The minimum Gasteiger partial charge on any atom is -0.477 e. The van der Waals surface area contributed by atoms with E-state index in [1.165, 1.54) is 12.3 Å². The lowest BCUT2D eigenvalue weighted by Gasteiger charge is -2.25. The van der Waals surface area contributed by atoms with Crippen LogP contribution in [-0.4, -0.2) is 43.7 Å². The summed E-state index contributed by atoms with van der Waals surface area (Å²) in [6.45, 7) is 3.15. The molecule has 2 aromatic rings. The van der Waals surface area contributed by atoms with Crippen molar-refractivity contribution in [2.75, 3.05) is 38.2 Å². The Kier molecular flexibility index (Phi) is 6.27. The van der Waals surface area contributed by atoms with Gasteiger partial charge in [0, 0.05) is 19.2 Å². The van der Waals surface area contributed by atoms with Crippen LogP contribution in [-0.2, 0) is 16.1 Å². The molecule has 0 aliphatic carbocycles. The SMILES string of the molecule is O=C(COc1coc(CN2CCOCC2)cc1=O)Nc1ccccc1Cl. The normalized spacial score (nSPS) is 14.8. The molecular formula is C18H19ClN2O5. The van der Waals surface area contributed by atoms with E-state index in [2.05, 4.69) is 10.2 Å². The minimum atomic E-state index is -0.421. The Hall–Kier alpha value is -2.35. The highest BCUT2D eigenvalue weighted by molar-refractivity contribution is 6.33. The number of hydrogen-bond donors (Lipinski definition) is 1. The third-order valence-electron chi connectivity index (χ3n) is 3.84. The van der Waals surface area contributed by atoms with Crippen LogP contribution in [0, 0.1) is 0 Å². The van der Waals surface area contributed by atoms with E-state index in [0.717, 1.165) is 13.1 Å². The molecule has 1 aromatic carbocycles. The zero-order chi connectivity index (χ0) is 18.4. The fourth-order valence-corrected chi connectivity index (χ4v) is 2.68. The number of amides is 1. The average Bonchev–Trinajstić information content (AvgIpc) is 2.64. The van der Waals surface area contributed by atoms with Gasteiger partial charge in [-0.15, -0.1) is 0 Å². The predicted molar refractivity (Wildman–Crippen MR) is 96.7 cm³/mol. The van der Waals surface area contributed by atoms with Gasteiger partial charge in [-0.25, -0.2) is 0 Å². The number of nitrogens with one attached hydrogen (secondary N) is 1. The maximum atomic E-state index is 12.1. The molecule has 0 radical (unpaired) electrons. The second kappa shape index (κ2) is 8.84. The molecule has 8 heteroatoms. The quantitative estimate of drug-likeness (QED) is 0.829. The summed E-state index contributed by atoms with van der Waals surface area (Å²) in [6, 6.07) is 8.24. The van der Waals surface area contributed by atoms with Gasteiger partial charge in [-0.05, 0) is 12.1 Å². The molecule has 1 fully saturated rings. The van der Waals surface area contributed by atoms with Gasteiger partial charge in [0.05, 0.1) is 30.5 Å². The van der Waals surface area contributed by atoms with E-state index in [1.54, 1.807) is 24.3 Å². The topological polar surface area (TPSA) is 81.0 Å². The molecular weight excluding hydrogens is 360 g/mol. The van der Waals surface area contributed by atoms with Crippen molar-refractivity contribution in [3.8, 4) is 5.75 Å². The predicted octanol–water partition coefficient (Wildman–Crippen LogP) is 2.14. The molecule has 0 spiro atoms. The van der Waals surface area contributed by atoms with Crippen molar-refractivity contribution in [3.05, 3.63) is 57.6 Å². The van der Waals surface area contributed by atoms with Crippen molar-refractivity contribution < 1.29 is 18.7 Å². The number of anilines is 1. The van der Waals surface area contributed by atoms with E-state index >= 15 is 0 Å². The first kappa shape index (κ1) is 18.4. The van der Waals surface area contributed by atoms with E-state index in [-0.39, 0.29) is 17.8 Å². The summed E-state index contributed by atoms with van der Waals surface area (Å²) >= 11 is 5.98. The number of para-hydroxylation sites is 1. The number of carbonyl (C=O) groups is 1.